The Labute approximate surface area is 153 Å². The Kier molecular flexibility index (Phi) is 6.22. The second-order valence-corrected chi connectivity index (χ2v) is 7.22. The largest absolute Gasteiger partial charge is 0.370 e. The van der Waals surface area contributed by atoms with Gasteiger partial charge in [-0.15, -0.1) is 0 Å². The Hall–Kier alpha value is -2.15. The molecule has 0 radical (unpaired) electrons. The normalized spacial score (nSPS) is 15.3. The Balaban J connectivity index is 1.49. The SMILES string of the molecule is CN=C(NCc1ccc(N2CCSCC2)cc1)NCc1ccnn1C. The molecule has 2 N–H and O–H groups in total. The van der Waals surface area contributed by atoms with Crippen LogP contribution in [0.15, 0.2) is 41.5 Å². The second-order valence-electron chi connectivity index (χ2n) is 5.99. The topological polar surface area (TPSA) is 57.5 Å². The summed E-state index contributed by atoms with van der Waals surface area (Å²) in [7, 11) is 3.73. The highest BCUT2D eigenvalue weighted by Gasteiger charge is 2.10. The van der Waals surface area contributed by atoms with Crippen LogP contribution in [0, 0.1) is 0 Å². The lowest BCUT2D eigenvalue weighted by molar-refractivity contribution is 0.684. The molecule has 1 aliphatic heterocycles. The lowest BCUT2D eigenvalue weighted by atomic mass is 10.2. The van der Waals surface area contributed by atoms with Gasteiger partial charge in [-0.2, -0.15) is 16.9 Å². The number of aliphatic imine (C=N–C) groups is 1. The van der Waals surface area contributed by atoms with E-state index in [0.717, 1.165) is 31.3 Å². The van der Waals surface area contributed by atoms with Crippen LogP contribution in [0.1, 0.15) is 11.3 Å². The number of aryl methyl sites for hydroxylation is 1. The van der Waals surface area contributed by atoms with E-state index in [9.17, 15) is 0 Å². The van der Waals surface area contributed by atoms with Gasteiger partial charge in [0.05, 0.1) is 12.2 Å². The maximum atomic E-state index is 4.28. The van der Waals surface area contributed by atoms with Crippen LogP contribution in [0.3, 0.4) is 0 Å². The van der Waals surface area contributed by atoms with Crippen LogP contribution in [-0.4, -0.2) is 47.4 Å². The van der Waals surface area contributed by atoms with Crippen LogP contribution in [-0.2, 0) is 20.1 Å². The zero-order valence-corrected chi connectivity index (χ0v) is 15.7. The van der Waals surface area contributed by atoms with Gasteiger partial charge in [0.2, 0.25) is 0 Å². The molecule has 25 heavy (non-hydrogen) atoms. The summed E-state index contributed by atoms with van der Waals surface area (Å²) >= 11 is 2.04. The number of guanidine groups is 1. The molecule has 0 spiro atoms. The van der Waals surface area contributed by atoms with Crippen molar-refractivity contribution in [2.75, 3.05) is 36.5 Å². The van der Waals surface area contributed by atoms with E-state index in [1.165, 1.54) is 22.8 Å². The summed E-state index contributed by atoms with van der Waals surface area (Å²) in [4.78, 5) is 6.74. The average molecular weight is 359 g/mol. The summed E-state index contributed by atoms with van der Waals surface area (Å²) in [5.41, 5.74) is 3.69. The van der Waals surface area contributed by atoms with Crippen molar-refractivity contribution in [1.82, 2.24) is 20.4 Å². The van der Waals surface area contributed by atoms with Gasteiger partial charge in [0.25, 0.3) is 0 Å². The fourth-order valence-corrected chi connectivity index (χ4v) is 3.70. The van der Waals surface area contributed by atoms with Crippen molar-refractivity contribution in [3.8, 4) is 0 Å². The van der Waals surface area contributed by atoms with Crippen LogP contribution < -0.4 is 15.5 Å². The number of rotatable bonds is 5. The molecule has 1 aromatic heterocycles. The molecule has 1 fully saturated rings. The molecule has 0 unspecified atom stereocenters. The number of hydrogen-bond donors (Lipinski definition) is 2. The third-order valence-electron chi connectivity index (χ3n) is 4.36. The van der Waals surface area contributed by atoms with Crippen LogP contribution in [0.2, 0.25) is 0 Å². The lowest BCUT2D eigenvalue weighted by Gasteiger charge is -2.28. The van der Waals surface area contributed by atoms with Gasteiger partial charge in [-0.3, -0.25) is 9.67 Å². The number of thioether (sulfide) groups is 1. The summed E-state index contributed by atoms with van der Waals surface area (Å²) in [6.07, 6.45) is 1.80. The van der Waals surface area contributed by atoms with Crippen molar-refractivity contribution in [3.63, 3.8) is 0 Å². The molecule has 1 aliphatic rings. The van der Waals surface area contributed by atoms with Crippen LogP contribution in [0.5, 0.6) is 0 Å². The van der Waals surface area contributed by atoms with E-state index >= 15 is 0 Å². The van der Waals surface area contributed by atoms with E-state index < -0.39 is 0 Å². The molecule has 7 heteroatoms. The highest BCUT2D eigenvalue weighted by Crippen LogP contribution is 2.19. The van der Waals surface area contributed by atoms with Gasteiger partial charge in [-0.25, -0.2) is 0 Å². The van der Waals surface area contributed by atoms with E-state index in [1.807, 2.05) is 29.6 Å². The fourth-order valence-electron chi connectivity index (χ4n) is 2.80. The lowest BCUT2D eigenvalue weighted by Crippen LogP contribution is -2.36. The zero-order valence-electron chi connectivity index (χ0n) is 14.9. The number of hydrogen-bond acceptors (Lipinski definition) is 4. The van der Waals surface area contributed by atoms with Gasteiger partial charge in [0.15, 0.2) is 5.96 Å². The van der Waals surface area contributed by atoms with Crippen LogP contribution >= 0.6 is 11.8 Å². The highest BCUT2D eigenvalue weighted by atomic mass is 32.2. The van der Waals surface area contributed by atoms with Gasteiger partial charge >= 0.3 is 0 Å². The quantitative estimate of drug-likeness (QED) is 0.631. The maximum absolute atomic E-state index is 4.28. The van der Waals surface area contributed by atoms with E-state index in [2.05, 4.69) is 49.9 Å². The van der Waals surface area contributed by atoms with Crippen molar-refractivity contribution in [1.29, 1.82) is 0 Å². The summed E-state index contributed by atoms with van der Waals surface area (Å²) in [5.74, 6) is 3.24. The highest BCUT2D eigenvalue weighted by molar-refractivity contribution is 7.99. The number of benzene rings is 1. The van der Waals surface area contributed by atoms with Gasteiger partial charge in [0, 0.05) is 57.1 Å². The van der Waals surface area contributed by atoms with Crippen molar-refractivity contribution < 1.29 is 0 Å². The first-order valence-corrected chi connectivity index (χ1v) is 9.75. The molecule has 3 rings (SSSR count). The number of nitrogens with zero attached hydrogens (tertiary/aromatic N) is 4. The molecular weight excluding hydrogens is 332 g/mol. The third-order valence-corrected chi connectivity index (χ3v) is 5.30. The van der Waals surface area contributed by atoms with Gasteiger partial charge in [0.1, 0.15) is 0 Å². The molecule has 134 valence electrons. The standard InChI is InChI=1S/C18H26N6S/c1-19-18(21-14-17-7-8-22-23(17)2)20-13-15-3-5-16(6-4-15)24-9-11-25-12-10-24/h3-8H,9-14H2,1-2H3,(H2,19,20,21). The molecule has 6 nitrogen and oxygen atoms in total. The van der Waals surface area contributed by atoms with E-state index in [4.69, 9.17) is 0 Å². The molecule has 0 amide bonds. The monoisotopic (exact) mass is 358 g/mol. The molecule has 0 bridgehead atoms. The Morgan fingerprint density at radius 1 is 1.12 bits per heavy atom. The Morgan fingerprint density at radius 2 is 1.84 bits per heavy atom. The minimum Gasteiger partial charge on any atom is -0.370 e. The van der Waals surface area contributed by atoms with E-state index in [1.54, 1.807) is 13.2 Å². The minimum atomic E-state index is 0.697. The first-order valence-electron chi connectivity index (χ1n) is 8.59. The molecule has 0 saturated carbocycles. The van der Waals surface area contributed by atoms with Crippen LogP contribution in [0.4, 0.5) is 5.69 Å². The molecular formula is C18H26N6S. The summed E-state index contributed by atoms with van der Waals surface area (Å²) in [6, 6.07) is 10.8. The van der Waals surface area contributed by atoms with Crippen molar-refractivity contribution in [2.45, 2.75) is 13.1 Å². The summed E-state index contributed by atoms with van der Waals surface area (Å²) < 4.78 is 1.86. The van der Waals surface area contributed by atoms with Gasteiger partial charge in [-0.05, 0) is 23.8 Å². The molecule has 2 aromatic rings. The van der Waals surface area contributed by atoms with Crippen molar-refractivity contribution in [2.24, 2.45) is 12.0 Å². The Bertz CT molecular complexity index is 688. The molecule has 0 atom stereocenters. The smallest absolute Gasteiger partial charge is 0.191 e. The number of nitrogens with one attached hydrogen (secondary N) is 2. The predicted molar refractivity (Wildman–Crippen MR) is 106 cm³/mol. The third kappa shape index (κ3) is 4.92. The number of anilines is 1. The average Bonchev–Trinajstić information content (AvgIpc) is 3.08. The fraction of sp³-hybridized carbons (Fsp3) is 0.444. The Morgan fingerprint density at radius 3 is 2.48 bits per heavy atom. The summed E-state index contributed by atoms with van der Waals surface area (Å²) in [6.45, 7) is 3.74. The van der Waals surface area contributed by atoms with Crippen molar-refractivity contribution in [3.05, 3.63) is 47.8 Å². The van der Waals surface area contributed by atoms with E-state index in [-0.39, 0.29) is 0 Å². The number of aromatic nitrogens is 2. The maximum Gasteiger partial charge on any atom is 0.191 e. The first kappa shape index (κ1) is 17.7. The second kappa shape index (κ2) is 8.80. The predicted octanol–water partition coefficient (Wildman–Crippen LogP) is 1.84. The molecule has 1 aromatic carbocycles. The first-order chi connectivity index (χ1) is 12.3. The molecule has 0 aliphatic carbocycles. The van der Waals surface area contributed by atoms with Gasteiger partial charge < -0.3 is 15.5 Å². The summed E-state index contributed by atoms with van der Waals surface area (Å²) in [5, 5.41) is 10.8. The molecule has 2 heterocycles. The van der Waals surface area contributed by atoms with Crippen molar-refractivity contribution >= 4 is 23.4 Å². The van der Waals surface area contributed by atoms with E-state index in [0.29, 0.717) is 6.54 Å². The van der Waals surface area contributed by atoms with Crippen LogP contribution in [0.25, 0.3) is 0 Å². The molecule has 1 saturated heterocycles. The van der Waals surface area contributed by atoms with Gasteiger partial charge in [-0.1, -0.05) is 12.1 Å². The zero-order chi connectivity index (χ0) is 17.5. The minimum absolute atomic E-state index is 0.697.